The minimum atomic E-state index is -4.18. The lowest BCUT2D eigenvalue weighted by molar-refractivity contribution is -0.113. The van der Waals surface area contributed by atoms with Crippen LogP contribution in [0.15, 0.2) is 95.0 Å². The van der Waals surface area contributed by atoms with Gasteiger partial charge in [-0.3, -0.25) is 4.79 Å². The van der Waals surface area contributed by atoms with Crippen LogP contribution in [-0.2, 0) is 25.3 Å². The quantitative estimate of drug-likeness (QED) is 0.681. The summed E-state index contributed by atoms with van der Waals surface area (Å²) in [4.78, 5) is 18.2. The Labute approximate surface area is 173 Å². The Morgan fingerprint density at radius 3 is 1.97 bits per heavy atom. The van der Waals surface area contributed by atoms with Crippen LogP contribution in [0.2, 0.25) is 0 Å². The second-order valence-electron chi connectivity index (χ2n) is 6.75. The van der Waals surface area contributed by atoms with Crippen molar-refractivity contribution >= 4 is 21.6 Å². The average Bonchev–Trinajstić information content (AvgIpc) is 3.22. The van der Waals surface area contributed by atoms with E-state index >= 15 is 0 Å². The molecule has 3 aromatic rings. The SMILES string of the molecule is O=C(NS(=O)(=O)c1ccc(F)cc1)C1=NOC(c2ccccc2)(c2ccccc2)C1. The summed E-state index contributed by atoms with van der Waals surface area (Å²) < 4.78 is 40.0. The van der Waals surface area contributed by atoms with Gasteiger partial charge in [0, 0.05) is 11.1 Å². The Kier molecular flexibility index (Phi) is 5.09. The summed E-state index contributed by atoms with van der Waals surface area (Å²) >= 11 is 0. The van der Waals surface area contributed by atoms with E-state index in [1.165, 1.54) is 0 Å². The first kappa shape index (κ1) is 19.8. The van der Waals surface area contributed by atoms with Crippen molar-refractivity contribution < 1.29 is 22.4 Å². The highest BCUT2D eigenvalue weighted by Crippen LogP contribution is 2.41. The normalized spacial score (nSPS) is 15.2. The molecule has 0 saturated carbocycles. The number of nitrogens with zero attached hydrogens (tertiary/aromatic N) is 1. The van der Waals surface area contributed by atoms with E-state index in [9.17, 15) is 17.6 Å². The van der Waals surface area contributed by atoms with Crippen LogP contribution < -0.4 is 4.72 Å². The van der Waals surface area contributed by atoms with E-state index in [-0.39, 0.29) is 17.0 Å². The smallest absolute Gasteiger partial charge is 0.282 e. The van der Waals surface area contributed by atoms with Crippen molar-refractivity contribution in [3.8, 4) is 0 Å². The molecule has 0 saturated heterocycles. The molecule has 0 aliphatic carbocycles. The number of rotatable bonds is 5. The standard InChI is InChI=1S/C22H17FN2O4S/c23-18-11-13-19(14-12-18)30(27,28)25-21(26)20-15-22(29-24-20,16-7-3-1-4-8-16)17-9-5-2-6-10-17/h1-14H,15H2,(H,25,26). The topological polar surface area (TPSA) is 84.8 Å². The molecule has 3 aromatic carbocycles. The summed E-state index contributed by atoms with van der Waals surface area (Å²) in [7, 11) is -4.18. The number of hydrogen-bond acceptors (Lipinski definition) is 5. The number of oxime groups is 1. The minimum absolute atomic E-state index is 0.0474. The Bertz CT molecular complexity index is 1160. The van der Waals surface area contributed by atoms with Gasteiger partial charge in [0.05, 0.1) is 11.3 Å². The summed E-state index contributed by atoms with van der Waals surface area (Å²) in [5, 5.41) is 3.91. The predicted molar refractivity (Wildman–Crippen MR) is 109 cm³/mol. The van der Waals surface area contributed by atoms with Crippen LogP contribution in [0, 0.1) is 5.82 Å². The molecule has 1 aliphatic rings. The van der Waals surface area contributed by atoms with Crippen LogP contribution in [-0.4, -0.2) is 20.0 Å². The summed E-state index contributed by atoms with van der Waals surface area (Å²) in [5.41, 5.74) is 0.455. The van der Waals surface area contributed by atoms with Crippen molar-refractivity contribution in [1.82, 2.24) is 4.72 Å². The Hall–Kier alpha value is -3.52. The highest BCUT2D eigenvalue weighted by Gasteiger charge is 2.45. The van der Waals surface area contributed by atoms with E-state index in [2.05, 4.69) is 5.16 Å². The molecule has 0 radical (unpaired) electrons. The maximum atomic E-state index is 13.1. The van der Waals surface area contributed by atoms with Gasteiger partial charge >= 0.3 is 0 Å². The van der Waals surface area contributed by atoms with E-state index in [1.54, 1.807) is 0 Å². The van der Waals surface area contributed by atoms with Gasteiger partial charge in [-0.25, -0.2) is 17.5 Å². The third-order valence-corrected chi connectivity index (χ3v) is 6.17. The fourth-order valence-corrected chi connectivity index (χ4v) is 4.27. The molecule has 0 bridgehead atoms. The fourth-order valence-electron chi connectivity index (χ4n) is 3.30. The first-order chi connectivity index (χ1) is 14.4. The summed E-state index contributed by atoms with van der Waals surface area (Å²) in [5.74, 6) is -1.47. The molecule has 0 fully saturated rings. The van der Waals surface area contributed by atoms with Crippen molar-refractivity contribution in [2.75, 3.05) is 0 Å². The fraction of sp³-hybridized carbons (Fsp3) is 0.0909. The Morgan fingerprint density at radius 2 is 1.43 bits per heavy atom. The molecule has 4 rings (SSSR count). The predicted octanol–water partition coefficient (Wildman–Crippen LogP) is 3.35. The van der Waals surface area contributed by atoms with Crippen molar-refractivity contribution in [3.05, 3.63) is 102 Å². The van der Waals surface area contributed by atoms with Crippen LogP contribution in [0.5, 0.6) is 0 Å². The van der Waals surface area contributed by atoms with Crippen molar-refractivity contribution in [1.29, 1.82) is 0 Å². The maximum Gasteiger partial charge on any atom is 0.282 e. The highest BCUT2D eigenvalue weighted by atomic mass is 32.2. The van der Waals surface area contributed by atoms with Gasteiger partial charge < -0.3 is 4.84 Å². The Balaban J connectivity index is 1.61. The zero-order valence-electron chi connectivity index (χ0n) is 15.7. The summed E-state index contributed by atoms with van der Waals surface area (Å²) in [6.45, 7) is 0. The number of carbonyl (C=O) groups is 1. The molecular weight excluding hydrogens is 407 g/mol. The monoisotopic (exact) mass is 424 g/mol. The molecule has 8 heteroatoms. The van der Waals surface area contributed by atoms with E-state index in [1.807, 2.05) is 65.4 Å². The first-order valence-corrected chi connectivity index (χ1v) is 10.6. The van der Waals surface area contributed by atoms with Crippen molar-refractivity contribution in [2.24, 2.45) is 5.16 Å². The lowest BCUT2D eigenvalue weighted by atomic mass is 9.82. The van der Waals surface area contributed by atoms with E-state index in [0.29, 0.717) is 0 Å². The van der Waals surface area contributed by atoms with Gasteiger partial charge in [-0.15, -0.1) is 0 Å². The molecule has 152 valence electrons. The molecule has 1 amide bonds. The lowest BCUT2D eigenvalue weighted by Gasteiger charge is -2.27. The van der Waals surface area contributed by atoms with Gasteiger partial charge in [0.15, 0.2) is 11.3 Å². The lowest BCUT2D eigenvalue weighted by Crippen LogP contribution is -2.37. The first-order valence-electron chi connectivity index (χ1n) is 9.09. The van der Waals surface area contributed by atoms with Gasteiger partial charge in [-0.1, -0.05) is 65.8 Å². The number of halogens is 1. The van der Waals surface area contributed by atoms with E-state index in [4.69, 9.17) is 4.84 Å². The van der Waals surface area contributed by atoms with Crippen molar-refractivity contribution in [2.45, 2.75) is 16.9 Å². The third-order valence-electron chi connectivity index (χ3n) is 4.82. The molecular formula is C22H17FN2O4S. The molecule has 1 heterocycles. The Morgan fingerprint density at radius 1 is 0.900 bits per heavy atom. The zero-order valence-corrected chi connectivity index (χ0v) is 16.5. The number of amides is 1. The van der Waals surface area contributed by atoms with Crippen LogP contribution in [0.4, 0.5) is 4.39 Å². The van der Waals surface area contributed by atoms with E-state index < -0.39 is 27.3 Å². The van der Waals surface area contributed by atoms with Crippen LogP contribution >= 0.6 is 0 Å². The molecule has 0 unspecified atom stereocenters. The van der Waals surface area contributed by atoms with Gasteiger partial charge in [0.25, 0.3) is 15.9 Å². The number of carbonyl (C=O) groups excluding carboxylic acids is 1. The maximum absolute atomic E-state index is 13.1. The van der Waals surface area contributed by atoms with Gasteiger partial charge in [-0.05, 0) is 24.3 Å². The van der Waals surface area contributed by atoms with Crippen LogP contribution in [0.25, 0.3) is 0 Å². The second kappa shape index (κ2) is 7.72. The molecule has 0 spiro atoms. The number of benzene rings is 3. The largest absolute Gasteiger partial charge is 0.379 e. The molecule has 1 aliphatic heterocycles. The second-order valence-corrected chi connectivity index (χ2v) is 8.44. The molecule has 0 aromatic heterocycles. The third kappa shape index (κ3) is 3.69. The number of hydrogen-bond donors (Lipinski definition) is 1. The highest BCUT2D eigenvalue weighted by molar-refractivity contribution is 7.90. The summed E-state index contributed by atoms with van der Waals surface area (Å²) in [6, 6.07) is 22.7. The molecule has 6 nitrogen and oxygen atoms in total. The molecule has 30 heavy (non-hydrogen) atoms. The number of sulfonamides is 1. The van der Waals surface area contributed by atoms with Gasteiger partial charge in [-0.2, -0.15) is 0 Å². The van der Waals surface area contributed by atoms with Gasteiger partial charge in [0.2, 0.25) is 0 Å². The number of nitrogens with one attached hydrogen (secondary N) is 1. The minimum Gasteiger partial charge on any atom is -0.379 e. The van der Waals surface area contributed by atoms with Gasteiger partial charge in [0.1, 0.15) is 5.82 Å². The van der Waals surface area contributed by atoms with Crippen molar-refractivity contribution in [3.63, 3.8) is 0 Å². The molecule has 0 atom stereocenters. The zero-order chi connectivity index (χ0) is 21.2. The van der Waals surface area contributed by atoms with Crippen LogP contribution in [0.3, 0.4) is 0 Å². The summed E-state index contributed by atoms with van der Waals surface area (Å²) in [6.07, 6.45) is 0.0474. The van der Waals surface area contributed by atoms with Crippen LogP contribution in [0.1, 0.15) is 17.5 Å². The average molecular weight is 424 g/mol. The van der Waals surface area contributed by atoms with E-state index in [0.717, 1.165) is 35.4 Å². The molecule has 1 N–H and O–H groups in total.